The molecule has 0 unspecified atom stereocenters. The van der Waals surface area contributed by atoms with Crippen molar-refractivity contribution in [1.82, 2.24) is 5.32 Å². The molecule has 0 saturated carbocycles. The Morgan fingerprint density at radius 1 is 1.25 bits per heavy atom. The van der Waals surface area contributed by atoms with Crippen molar-refractivity contribution in [3.05, 3.63) is 0 Å². The number of nitrogens with one attached hydrogen (secondary N) is 1. The van der Waals surface area contributed by atoms with Crippen LogP contribution in [0.4, 0.5) is 0 Å². The van der Waals surface area contributed by atoms with Crippen LogP contribution in [0.3, 0.4) is 0 Å². The van der Waals surface area contributed by atoms with Crippen molar-refractivity contribution in [3.8, 4) is 0 Å². The van der Waals surface area contributed by atoms with E-state index in [0.717, 1.165) is 0 Å². The van der Waals surface area contributed by atoms with Crippen LogP contribution in [0, 0.1) is 5.92 Å². The predicted octanol–water partition coefficient (Wildman–Crippen LogP) is -0.986. The second-order valence-electron chi connectivity index (χ2n) is 3.77. The predicted molar refractivity (Wildman–Crippen MR) is 54.6 cm³/mol. The van der Waals surface area contributed by atoms with Crippen molar-refractivity contribution >= 4 is 17.8 Å². The maximum atomic E-state index is 11.3. The molecule has 0 rings (SSSR count). The van der Waals surface area contributed by atoms with Crippen LogP contribution in [0.2, 0.25) is 0 Å². The molecular weight excluding hydrogens is 216 g/mol. The number of carbonyl (C=O) groups is 3. The summed E-state index contributed by atoms with van der Waals surface area (Å²) in [5.74, 6) is -3.47. The van der Waals surface area contributed by atoms with E-state index in [9.17, 15) is 14.4 Å². The fourth-order valence-corrected chi connectivity index (χ4v) is 1.05. The molecule has 0 heterocycles. The molecule has 16 heavy (non-hydrogen) atoms. The third-order valence-corrected chi connectivity index (χ3v) is 1.96. The fourth-order valence-electron chi connectivity index (χ4n) is 1.05. The number of carboxylic acids is 2. The van der Waals surface area contributed by atoms with Gasteiger partial charge in [0.2, 0.25) is 5.91 Å². The van der Waals surface area contributed by atoms with Crippen molar-refractivity contribution in [2.24, 2.45) is 11.7 Å². The van der Waals surface area contributed by atoms with Crippen molar-refractivity contribution in [1.29, 1.82) is 0 Å². The first-order chi connectivity index (χ1) is 7.25. The minimum Gasteiger partial charge on any atom is -0.481 e. The molecule has 2 atom stereocenters. The highest BCUT2D eigenvalue weighted by Crippen LogP contribution is 2.02. The molecule has 0 radical (unpaired) electrons. The summed E-state index contributed by atoms with van der Waals surface area (Å²) in [5.41, 5.74) is 5.28. The molecule has 0 bridgehead atoms. The molecule has 0 aliphatic carbocycles. The van der Waals surface area contributed by atoms with Crippen molar-refractivity contribution in [3.63, 3.8) is 0 Å². The monoisotopic (exact) mass is 232 g/mol. The van der Waals surface area contributed by atoms with Gasteiger partial charge in [0.15, 0.2) is 0 Å². The lowest BCUT2D eigenvalue weighted by Gasteiger charge is -2.19. The van der Waals surface area contributed by atoms with Crippen LogP contribution in [0.5, 0.6) is 0 Å². The third-order valence-electron chi connectivity index (χ3n) is 1.96. The Kier molecular flexibility index (Phi) is 5.44. The Morgan fingerprint density at radius 2 is 1.75 bits per heavy atom. The summed E-state index contributed by atoms with van der Waals surface area (Å²) in [6.45, 7) is 3.25. The van der Waals surface area contributed by atoms with E-state index in [1.165, 1.54) is 0 Å². The molecule has 0 aromatic carbocycles. The molecule has 0 fully saturated rings. The van der Waals surface area contributed by atoms with Gasteiger partial charge in [-0.25, -0.2) is 4.79 Å². The molecule has 0 aromatic rings. The Morgan fingerprint density at radius 3 is 2.06 bits per heavy atom. The zero-order valence-electron chi connectivity index (χ0n) is 9.14. The van der Waals surface area contributed by atoms with E-state index >= 15 is 0 Å². The molecule has 5 N–H and O–H groups in total. The highest BCUT2D eigenvalue weighted by atomic mass is 16.4. The maximum absolute atomic E-state index is 11.3. The molecule has 0 saturated heterocycles. The number of aliphatic carboxylic acids is 2. The van der Waals surface area contributed by atoms with E-state index in [1.807, 2.05) is 0 Å². The van der Waals surface area contributed by atoms with Crippen LogP contribution < -0.4 is 11.1 Å². The zero-order chi connectivity index (χ0) is 12.9. The van der Waals surface area contributed by atoms with Gasteiger partial charge < -0.3 is 21.3 Å². The van der Waals surface area contributed by atoms with Crippen LogP contribution in [-0.4, -0.2) is 40.1 Å². The number of hydrogen-bond acceptors (Lipinski definition) is 4. The SMILES string of the molecule is CC(C)[C@H](NC(=O)[C@H](N)CC(=O)O)C(=O)O. The second-order valence-corrected chi connectivity index (χ2v) is 3.77. The van der Waals surface area contributed by atoms with E-state index in [4.69, 9.17) is 15.9 Å². The second kappa shape index (κ2) is 6.06. The minimum absolute atomic E-state index is 0.307. The molecular formula is C9H16N2O5. The molecule has 92 valence electrons. The van der Waals surface area contributed by atoms with Gasteiger partial charge in [-0.2, -0.15) is 0 Å². The van der Waals surface area contributed by atoms with Crippen LogP contribution in [0.25, 0.3) is 0 Å². The number of amides is 1. The van der Waals surface area contributed by atoms with E-state index in [1.54, 1.807) is 13.8 Å². The van der Waals surface area contributed by atoms with Gasteiger partial charge in [0, 0.05) is 0 Å². The number of carboxylic acid groups (broad SMARTS) is 2. The first-order valence-electron chi connectivity index (χ1n) is 4.76. The molecule has 7 nitrogen and oxygen atoms in total. The summed E-state index contributed by atoms with van der Waals surface area (Å²) < 4.78 is 0. The fraction of sp³-hybridized carbons (Fsp3) is 0.667. The summed E-state index contributed by atoms with van der Waals surface area (Å²) in [6.07, 6.45) is -0.531. The van der Waals surface area contributed by atoms with E-state index in [-0.39, 0.29) is 5.92 Å². The average molecular weight is 232 g/mol. The van der Waals surface area contributed by atoms with Crippen molar-refractivity contribution in [2.75, 3.05) is 0 Å². The first-order valence-corrected chi connectivity index (χ1v) is 4.76. The maximum Gasteiger partial charge on any atom is 0.326 e. The summed E-state index contributed by atoms with van der Waals surface area (Å²) in [4.78, 5) is 32.4. The van der Waals surface area contributed by atoms with Gasteiger partial charge in [-0.15, -0.1) is 0 Å². The summed E-state index contributed by atoms with van der Waals surface area (Å²) in [7, 11) is 0. The molecule has 0 aromatic heterocycles. The van der Waals surface area contributed by atoms with Crippen LogP contribution in [0.15, 0.2) is 0 Å². The van der Waals surface area contributed by atoms with Crippen molar-refractivity contribution < 1.29 is 24.6 Å². The normalized spacial score (nSPS) is 14.2. The largest absolute Gasteiger partial charge is 0.481 e. The third kappa shape index (κ3) is 4.74. The topological polar surface area (TPSA) is 130 Å². The number of nitrogens with two attached hydrogens (primary N) is 1. The lowest BCUT2D eigenvalue weighted by Crippen LogP contribution is -2.51. The summed E-state index contributed by atoms with van der Waals surface area (Å²) in [6, 6.07) is -2.30. The lowest BCUT2D eigenvalue weighted by molar-refractivity contribution is -0.143. The van der Waals surface area contributed by atoms with Gasteiger partial charge >= 0.3 is 11.9 Å². The Balaban J connectivity index is 4.40. The van der Waals surface area contributed by atoms with E-state index in [0.29, 0.717) is 0 Å². The van der Waals surface area contributed by atoms with Crippen LogP contribution >= 0.6 is 0 Å². The van der Waals surface area contributed by atoms with Crippen LogP contribution in [0.1, 0.15) is 20.3 Å². The number of rotatable bonds is 6. The molecule has 0 aliphatic rings. The van der Waals surface area contributed by atoms with E-state index < -0.39 is 36.4 Å². The Hall–Kier alpha value is -1.63. The smallest absolute Gasteiger partial charge is 0.326 e. The van der Waals surface area contributed by atoms with Gasteiger partial charge in [-0.1, -0.05) is 13.8 Å². The molecule has 0 aliphatic heterocycles. The van der Waals surface area contributed by atoms with Gasteiger partial charge in [0.05, 0.1) is 12.5 Å². The first kappa shape index (κ1) is 14.4. The summed E-state index contributed by atoms with van der Waals surface area (Å²) in [5, 5.41) is 19.4. The minimum atomic E-state index is -1.24. The van der Waals surface area contributed by atoms with Gasteiger partial charge in [-0.05, 0) is 5.92 Å². The number of hydrogen-bond donors (Lipinski definition) is 4. The van der Waals surface area contributed by atoms with Gasteiger partial charge in [-0.3, -0.25) is 9.59 Å². The molecule has 0 spiro atoms. The lowest BCUT2D eigenvalue weighted by atomic mass is 10.0. The Labute approximate surface area is 92.6 Å². The zero-order valence-corrected chi connectivity index (χ0v) is 9.14. The average Bonchev–Trinajstić information content (AvgIpc) is 2.11. The molecule has 1 amide bonds. The standard InChI is InChI=1S/C9H16N2O5/c1-4(2)7(9(15)16)11-8(14)5(10)3-6(12)13/h4-5,7H,3,10H2,1-2H3,(H,11,14)(H,12,13)(H,15,16)/t5-,7+/m1/s1. The molecule has 7 heteroatoms. The van der Waals surface area contributed by atoms with Gasteiger partial charge in [0.1, 0.15) is 6.04 Å². The highest BCUT2D eigenvalue weighted by Gasteiger charge is 2.26. The van der Waals surface area contributed by atoms with Crippen molar-refractivity contribution in [2.45, 2.75) is 32.4 Å². The number of carbonyl (C=O) groups excluding carboxylic acids is 1. The highest BCUT2D eigenvalue weighted by molar-refractivity contribution is 5.89. The Bertz CT molecular complexity index is 290. The van der Waals surface area contributed by atoms with Crippen LogP contribution in [-0.2, 0) is 14.4 Å². The quantitative estimate of drug-likeness (QED) is 0.465. The van der Waals surface area contributed by atoms with E-state index in [2.05, 4.69) is 5.32 Å². The van der Waals surface area contributed by atoms with Gasteiger partial charge in [0.25, 0.3) is 0 Å². The summed E-state index contributed by atoms with van der Waals surface area (Å²) >= 11 is 0.